The molecule has 4 nitrogen and oxygen atoms in total. The van der Waals surface area contributed by atoms with Gasteiger partial charge in [-0.05, 0) is 18.8 Å². The molecule has 0 aromatic rings. The molecule has 18 heavy (non-hydrogen) atoms. The van der Waals surface area contributed by atoms with Crippen LogP contribution in [0.5, 0.6) is 0 Å². The van der Waals surface area contributed by atoms with Crippen molar-refractivity contribution in [2.75, 3.05) is 13.2 Å². The Balaban J connectivity index is 3.52. The highest BCUT2D eigenvalue weighted by atomic mass is 16.5. The number of carbonyl (C=O) groups is 2. The van der Waals surface area contributed by atoms with Crippen LogP contribution >= 0.6 is 0 Å². The maximum Gasteiger partial charge on any atom is 0.306 e. The Morgan fingerprint density at radius 2 is 1.67 bits per heavy atom. The van der Waals surface area contributed by atoms with Crippen LogP contribution in [0.3, 0.4) is 0 Å². The third-order valence-electron chi connectivity index (χ3n) is 2.06. The molecule has 0 aromatic heterocycles. The van der Waals surface area contributed by atoms with Crippen LogP contribution in [0.2, 0.25) is 0 Å². The predicted octanol–water partition coefficient (Wildman–Crippen LogP) is 2.87. The Labute approximate surface area is 109 Å². The number of hydrogen-bond donors (Lipinski definition) is 0. The van der Waals surface area contributed by atoms with Crippen molar-refractivity contribution in [3.8, 4) is 0 Å². The van der Waals surface area contributed by atoms with Crippen LogP contribution in [-0.2, 0) is 19.1 Å². The maximum absolute atomic E-state index is 11.3. The minimum absolute atomic E-state index is 0.0917. The number of carbonyl (C=O) groups excluding carboxylic acids is 2. The van der Waals surface area contributed by atoms with Gasteiger partial charge < -0.3 is 9.47 Å². The molecule has 0 saturated carbocycles. The molecule has 0 fully saturated rings. The van der Waals surface area contributed by atoms with E-state index < -0.39 is 0 Å². The molecule has 0 aliphatic heterocycles. The predicted molar refractivity (Wildman–Crippen MR) is 70.0 cm³/mol. The van der Waals surface area contributed by atoms with E-state index in [9.17, 15) is 9.59 Å². The zero-order valence-corrected chi connectivity index (χ0v) is 11.6. The van der Waals surface area contributed by atoms with Crippen LogP contribution < -0.4 is 0 Å². The molecule has 0 saturated heterocycles. The van der Waals surface area contributed by atoms with Crippen molar-refractivity contribution in [1.82, 2.24) is 0 Å². The van der Waals surface area contributed by atoms with Crippen LogP contribution in [0.25, 0.3) is 0 Å². The SMILES string of the molecule is CC/C=C\CCOC(=O)CCC(=O)OCC(C)C. The molecule has 0 rings (SSSR count). The molecule has 0 N–H and O–H groups in total. The number of hydrogen-bond acceptors (Lipinski definition) is 4. The lowest BCUT2D eigenvalue weighted by Crippen LogP contribution is -2.13. The topological polar surface area (TPSA) is 52.6 Å². The molecule has 0 amide bonds. The largest absolute Gasteiger partial charge is 0.465 e. The first-order chi connectivity index (χ1) is 8.56. The summed E-state index contributed by atoms with van der Waals surface area (Å²) in [6.07, 6.45) is 5.89. The van der Waals surface area contributed by atoms with Gasteiger partial charge in [-0.2, -0.15) is 0 Å². The Hall–Kier alpha value is -1.32. The Morgan fingerprint density at radius 3 is 2.22 bits per heavy atom. The molecule has 4 heteroatoms. The van der Waals surface area contributed by atoms with E-state index in [1.54, 1.807) is 0 Å². The van der Waals surface area contributed by atoms with E-state index >= 15 is 0 Å². The minimum atomic E-state index is -0.346. The number of ether oxygens (including phenoxy) is 2. The van der Waals surface area contributed by atoms with E-state index in [0.29, 0.717) is 19.1 Å². The summed E-state index contributed by atoms with van der Waals surface area (Å²) in [6, 6.07) is 0. The first-order valence-corrected chi connectivity index (χ1v) is 6.52. The van der Waals surface area contributed by atoms with Crippen molar-refractivity contribution < 1.29 is 19.1 Å². The van der Waals surface area contributed by atoms with Crippen molar-refractivity contribution in [2.45, 2.75) is 46.5 Å². The highest BCUT2D eigenvalue weighted by Crippen LogP contribution is 2.00. The fourth-order valence-electron chi connectivity index (χ4n) is 1.13. The molecule has 0 radical (unpaired) electrons. The second-order valence-corrected chi connectivity index (χ2v) is 4.47. The lowest BCUT2D eigenvalue weighted by atomic mass is 10.2. The number of esters is 2. The number of rotatable bonds is 9. The molecule has 0 aliphatic rings. The summed E-state index contributed by atoms with van der Waals surface area (Å²) in [4.78, 5) is 22.5. The Morgan fingerprint density at radius 1 is 1.06 bits per heavy atom. The average Bonchev–Trinajstić information content (AvgIpc) is 2.33. The standard InChI is InChI=1S/C14H24O4/c1-4-5-6-7-10-17-13(15)8-9-14(16)18-11-12(2)3/h5-6,12H,4,7-11H2,1-3H3/b6-5-. The summed E-state index contributed by atoms with van der Waals surface area (Å²) in [5.41, 5.74) is 0. The van der Waals surface area contributed by atoms with Crippen molar-refractivity contribution in [2.24, 2.45) is 5.92 Å². The van der Waals surface area contributed by atoms with Crippen LogP contribution in [0.1, 0.15) is 46.5 Å². The molecule has 0 bridgehead atoms. The van der Waals surface area contributed by atoms with Crippen LogP contribution in [0.15, 0.2) is 12.2 Å². The molecule has 0 atom stereocenters. The van der Waals surface area contributed by atoms with Gasteiger partial charge in [0.05, 0.1) is 26.1 Å². The third kappa shape index (κ3) is 11.2. The van der Waals surface area contributed by atoms with Crippen molar-refractivity contribution >= 4 is 11.9 Å². The molecule has 0 aliphatic carbocycles. The summed E-state index contributed by atoms with van der Waals surface area (Å²) in [5.74, 6) is -0.376. The summed E-state index contributed by atoms with van der Waals surface area (Å²) >= 11 is 0. The summed E-state index contributed by atoms with van der Waals surface area (Å²) in [6.45, 7) is 6.74. The molecule has 0 unspecified atom stereocenters. The minimum Gasteiger partial charge on any atom is -0.465 e. The van der Waals surface area contributed by atoms with Crippen molar-refractivity contribution in [1.29, 1.82) is 0 Å². The van der Waals surface area contributed by atoms with E-state index in [4.69, 9.17) is 9.47 Å². The van der Waals surface area contributed by atoms with Crippen molar-refractivity contribution in [3.05, 3.63) is 12.2 Å². The highest BCUT2D eigenvalue weighted by molar-refractivity contribution is 5.77. The van der Waals surface area contributed by atoms with Crippen molar-refractivity contribution in [3.63, 3.8) is 0 Å². The zero-order chi connectivity index (χ0) is 13.8. The van der Waals surface area contributed by atoms with Gasteiger partial charge >= 0.3 is 11.9 Å². The Kier molecular flexibility index (Phi) is 10.0. The quantitative estimate of drug-likeness (QED) is 0.361. The second-order valence-electron chi connectivity index (χ2n) is 4.47. The average molecular weight is 256 g/mol. The van der Waals surface area contributed by atoms with Gasteiger partial charge in [0.15, 0.2) is 0 Å². The van der Waals surface area contributed by atoms with Gasteiger partial charge in [-0.15, -0.1) is 0 Å². The summed E-state index contributed by atoms with van der Waals surface area (Å²) in [5, 5.41) is 0. The van der Waals surface area contributed by atoms with Gasteiger partial charge in [0.25, 0.3) is 0 Å². The van der Waals surface area contributed by atoms with Gasteiger partial charge in [-0.3, -0.25) is 9.59 Å². The fourth-order valence-corrected chi connectivity index (χ4v) is 1.13. The fraction of sp³-hybridized carbons (Fsp3) is 0.714. The number of allylic oxidation sites excluding steroid dienone is 1. The summed E-state index contributed by atoms with van der Waals surface area (Å²) in [7, 11) is 0. The van der Waals surface area contributed by atoms with Gasteiger partial charge in [-0.25, -0.2) is 0 Å². The van der Waals surface area contributed by atoms with Gasteiger partial charge in [0, 0.05) is 0 Å². The van der Waals surface area contributed by atoms with E-state index in [0.717, 1.165) is 12.8 Å². The lowest BCUT2D eigenvalue weighted by molar-refractivity contribution is -0.150. The molecular weight excluding hydrogens is 232 g/mol. The van der Waals surface area contributed by atoms with Crippen LogP contribution in [0, 0.1) is 5.92 Å². The van der Waals surface area contributed by atoms with Gasteiger partial charge in [0.1, 0.15) is 0 Å². The molecular formula is C14H24O4. The third-order valence-corrected chi connectivity index (χ3v) is 2.06. The second kappa shape index (κ2) is 10.8. The lowest BCUT2D eigenvalue weighted by Gasteiger charge is -2.06. The Bertz CT molecular complexity index is 269. The normalized spacial score (nSPS) is 10.9. The molecule has 0 aromatic carbocycles. The van der Waals surface area contributed by atoms with Crippen LogP contribution in [0.4, 0.5) is 0 Å². The smallest absolute Gasteiger partial charge is 0.306 e. The van der Waals surface area contributed by atoms with Gasteiger partial charge in [0.2, 0.25) is 0 Å². The van der Waals surface area contributed by atoms with Crippen LogP contribution in [-0.4, -0.2) is 25.2 Å². The first kappa shape index (κ1) is 16.7. The molecule has 0 heterocycles. The highest BCUT2D eigenvalue weighted by Gasteiger charge is 2.09. The molecule has 104 valence electrons. The maximum atomic E-state index is 11.3. The monoisotopic (exact) mass is 256 g/mol. The van der Waals surface area contributed by atoms with E-state index in [1.165, 1.54) is 0 Å². The summed E-state index contributed by atoms with van der Waals surface area (Å²) < 4.78 is 9.92. The van der Waals surface area contributed by atoms with E-state index in [-0.39, 0.29) is 24.8 Å². The zero-order valence-electron chi connectivity index (χ0n) is 11.6. The van der Waals surface area contributed by atoms with E-state index in [1.807, 2.05) is 32.9 Å². The van der Waals surface area contributed by atoms with E-state index in [2.05, 4.69) is 0 Å². The first-order valence-electron chi connectivity index (χ1n) is 6.52. The van der Waals surface area contributed by atoms with Gasteiger partial charge in [-0.1, -0.05) is 32.9 Å². The molecule has 0 spiro atoms.